The Balaban J connectivity index is 2.16. The van der Waals surface area contributed by atoms with Crippen molar-refractivity contribution < 1.29 is 8.42 Å². The van der Waals surface area contributed by atoms with Gasteiger partial charge in [0.05, 0.1) is 4.99 Å². The smallest absolute Gasteiger partial charge is 0.242 e. The summed E-state index contributed by atoms with van der Waals surface area (Å²) >= 11 is 4.97. The van der Waals surface area contributed by atoms with Crippen molar-refractivity contribution in [3.05, 3.63) is 24.5 Å². The van der Waals surface area contributed by atoms with Crippen molar-refractivity contribution in [1.82, 2.24) is 9.71 Å². The van der Waals surface area contributed by atoms with E-state index in [4.69, 9.17) is 18.0 Å². The highest BCUT2D eigenvalue weighted by molar-refractivity contribution is 7.89. The maximum absolute atomic E-state index is 12.1. The molecule has 1 saturated carbocycles. The van der Waals surface area contributed by atoms with E-state index in [1.54, 1.807) is 6.07 Å². The Hall–Kier alpha value is -1.05. The van der Waals surface area contributed by atoms with E-state index in [9.17, 15) is 8.42 Å². The quantitative estimate of drug-likeness (QED) is 0.800. The molecule has 7 heteroatoms. The molecule has 0 aromatic carbocycles. The van der Waals surface area contributed by atoms with E-state index in [0.29, 0.717) is 4.99 Å². The predicted molar refractivity (Wildman–Crippen MR) is 72.5 cm³/mol. The monoisotopic (exact) mass is 285 g/mol. The number of nitrogens with two attached hydrogens (primary N) is 1. The van der Waals surface area contributed by atoms with E-state index in [0.717, 1.165) is 19.3 Å². The number of hydrogen-bond acceptors (Lipinski definition) is 4. The van der Waals surface area contributed by atoms with Crippen molar-refractivity contribution in [3.8, 4) is 0 Å². The molecule has 1 aromatic rings. The molecule has 0 radical (unpaired) electrons. The van der Waals surface area contributed by atoms with Crippen LogP contribution >= 0.6 is 12.2 Å². The summed E-state index contributed by atoms with van der Waals surface area (Å²) in [6.07, 6.45) is 5.40. The van der Waals surface area contributed by atoms with Gasteiger partial charge in [-0.1, -0.05) is 18.6 Å². The van der Waals surface area contributed by atoms with Gasteiger partial charge in [-0.25, -0.2) is 13.1 Å². The first-order valence-corrected chi connectivity index (χ1v) is 7.61. The van der Waals surface area contributed by atoms with E-state index in [-0.39, 0.29) is 16.9 Å². The van der Waals surface area contributed by atoms with Crippen LogP contribution in [-0.4, -0.2) is 24.4 Å². The van der Waals surface area contributed by atoms with Gasteiger partial charge in [-0.05, 0) is 25.0 Å². The van der Waals surface area contributed by atoms with Crippen LogP contribution in [0.2, 0.25) is 0 Å². The predicted octanol–water partition coefficient (Wildman–Crippen LogP) is 0.815. The van der Waals surface area contributed by atoms with Crippen molar-refractivity contribution in [2.45, 2.75) is 30.2 Å². The van der Waals surface area contributed by atoms with Crippen molar-refractivity contribution in [2.24, 2.45) is 11.7 Å². The van der Waals surface area contributed by atoms with E-state index in [1.165, 1.54) is 18.5 Å². The molecule has 98 valence electrons. The molecule has 1 heterocycles. The van der Waals surface area contributed by atoms with Crippen LogP contribution in [-0.2, 0) is 10.0 Å². The Labute approximate surface area is 112 Å². The van der Waals surface area contributed by atoms with Gasteiger partial charge in [-0.3, -0.25) is 4.98 Å². The Bertz CT molecular complexity index is 530. The van der Waals surface area contributed by atoms with Crippen LogP contribution in [0.3, 0.4) is 0 Å². The van der Waals surface area contributed by atoms with Crippen LogP contribution in [0.1, 0.15) is 19.3 Å². The van der Waals surface area contributed by atoms with Crippen LogP contribution in [0.15, 0.2) is 29.4 Å². The minimum atomic E-state index is -3.54. The van der Waals surface area contributed by atoms with E-state index >= 15 is 0 Å². The van der Waals surface area contributed by atoms with Crippen LogP contribution in [0.25, 0.3) is 0 Å². The van der Waals surface area contributed by atoms with E-state index in [2.05, 4.69) is 9.71 Å². The number of rotatable bonds is 4. The lowest BCUT2D eigenvalue weighted by molar-refractivity contribution is 0.524. The fourth-order valence-corrected chi connectivity index (χ4v) is 3.77. The van der Waals surface area contributed by atoms with Gasteiger partial charge in [0.1, 0.15) is 4.90 Å². The average Bonchev–Trinajstić information content (AvgIpc) is 2.78. The first-order chi connectivity index (χ1) is 8.50. The molecule has 1 aliphatic rings. The molecule has 1 aliphatic carbocycles. The molecule has 3 N–H and O–H groups in total. The SMILES string of the molecule is NC(=S)C1CCCC1NS(=O)(=O)c1cccnc1. The summed E-state index contributed by atoms with van der Waals surface area (Å²) in [5, 5.41) is 0. The van der Waals surface area contributed by atoms with Gasteiger partial charge in [0, 0.05) is 24.4 Å². The van der Waals surface area contributed by atoms with Crippen LogP contribution in [0, 0.1) is 5.92 Å². The Morgan fingerprint density at radius 2 is 2.28 bits per heavy atom. The number of nitrogens with one attached hydrogen (secondary N) is 1. The summed E-state index contributed by atoms with van der Waals surface area (Å²) in [7, 11) is -3.54. The zero-order chi connectivity index (χ0) is 13.2. The Morgan fingerprint density at radius 1 is 1.50 bits per heavy atom. The molecule has 2 rings (SSSR count). The molecule has 1 aromatic heterocycles. The molecule has 18 heavy (non-hydrogen) atoms. The molecule has 0 amide bonds. The zero-order valence-electron chi connectivity index (χ0n) is 9.74. The molecule has 0 saturated heterocycles. The Kier molecular flexibility index (Phi) is 3.94. The van der Waals surface area contributed by atoms with Gasteiger partial charge < -0.3 is 5.73 Å². The third-order valence-electron chi connectivity index (χ3n) is 3.13. The van der Waals surface area contributed by atoms with Crippen molar-refractivity contribution >= 4 is 27.2 Å². The number of thiocarbonyl (C=S) groups is 1. The number of sulfonamides is 1. The van der Waals surface area contributed by atoms with Crippen molar-refractivity contribution in [2.75, 3.05) is 0 Å². The summed E-state index contributed by atoms with van der Waals surface area (Å²) in [5.74, 6) is -0.0496. The lowest BCUT2D eigenvalue weighted by atomic mass is 10.1. The molecule has 0 aliphatic heterocycles. The molecule has 0 spiro atoms. The maximum Gasteiger partial charge on any atom is 0.242 e. The van der Waals surface area contributed by atoms with Gasteiger partial charge in [0.15, 0.2) is 0 Å². The minimum Gasteiger partial charge on any atom is -0.393 e. The normalized spacial score (nSPS) is 24.0. The van der Waals surface area contributed by atoms with Crippen LogP contribution in [0.4, 0.5) is 0 Å². The minimum absolute atomic E-state index is 0.0496. The van der Waals surface area contributed by atoms with Crippen molar-refractivity contribution in [3.63, 3.8) is 0 Å². The molecule has 0 bridgehead atoms. The Morgan fingerprint density at radius 3 is 2.89 bits per heavy atom. The molecular formula is C11H15N3O2S2. The second kappa shape index (κ2) is 5.29. The second-order valence-electron chi connectivity index (χ2n) is 4.36. The fraction of sp³-hybridized carbons (Fsp3) is 0.455. The number of nitrogens with zero attached hydrogens (tertiary/aromatic N) is 1. The fourth-order valence-electron chi connectivity index (χ4n) is 2.22. The lowest BCUT2D eigenvalue weighted by Crippen LogP contribution is -2.41. The zero-order valence-corrected chi connectivity index (χ0v) is 11.4. The number of hydrogen-bond donors (Lipinski definition) is 2. The summed E-state index contributed by atoms with van der Waals surface area (Å²) < 4.78 is 26.9. The summed E-state index contributed by atoms with van der Waals surface area (Å²) in [6.45, 7) is 0. The summed E-state index contributed by atoms with van der Waals surface area (Å²) in [6, 6.07) is 2.90. The second-order valence-corrected chi connectivity index (χ2v) is 6.54. The highest BCUT2D eigenvalue weighted by Gasteiger charge is 2.32. The van der Waals surface area contributed by atoms with Crippen molar-refractivity contribution in [1.29, 1.82) is 0 Å². The van der Waals surface area contributed by atoms with Crippen LogP contribution in [0.5, 0.6) is 0 Å². The van der Waals surface area contributed by atoms with E-state index in [1.807, 2.05) is 0 Å². The molecule has 1 fully saturated rings. The first-order valence-electron chi connectivity index (χ1n) is 5.72. The summed E-state index contributed by atoms with van der Waals surface area (Å²) in [4.78, 5) is 4.36. The summed E-state index contributed by atoms with van der Waals surface area (Å²) in [5.41, 5.74) is 5.63. The van der Waals surface area contributed by atoms with Crippen LogP contribution < -0.4 is 10.5 Å². The number of pyridine rings is 1. The third kappa shape index (κ3) is 2.85. The van der Waals surface area contributed by atoms with Gasteiger partial charge in [0.25, 0.3) is 0 Å². The van der Waals surface area contributed by atoms with Gasteiger partial charge >= 0.3 is 0 Å². The molecule has 2 atom stereocenters. The lowest BCUT2D eigenvalue weighted by Gasteiger charge is -2.19. The highest BCUT2D eigenvalue weighted by Crippen LogP contribution is 2.27. The van der Waals surface area contributed by atoms with Gasteiger partial charge in [0.2, 0.25) is 10.0 Å². The molecular weight excluding hydrogens is 270 g/mol. The first kappa shape index (κ1) is 13.4. The molecule has 2 unspecified atom stereocenters. The average molecular weight is 285 g/mol. The van der Waals surface area contributed by atoms with Gasteiger partial charge in [-0.2, -0.15) is 0 Å². The van der Waals surface area contributed by atoms with Gasteiger partial charge in [-0.15, -0.1) is 0 Å². The third-order valence-corrected chi connectivity index (χ3v) is 4.91. The maximum atomic E-state index is 12.1. The highest BCUT2D eigenvalue weighted by atomic mass is 32.2. The number of aromatic nitrogens is 1. The topological polar surface area (TPSA) is 85.1 Å². The standard InChI is InChI=1S/C11H15N3O2S2/c12-11(17)9-4-1-5-10(9)14-18(15,16)8-3-2-6-13-7-8/h2-3,6-7,9-10,14H,1,4-5H2,(H2,12,17). The van der Waals surface area contributed by atoms with E-state index < -0.39 is 10.0 Å². The largest absolute Gasteiger partial charge is 0.393 e. The molecule has 5 nitrogen and oxygen atoms in total.